The smallest absolute Gasteiger partial charge is 0.283 e. The molecule has 0 atom stereocenters. The van der Waals surface area contributed by atoms with Crippen molar-refractivity contribution in [2.45, 2.75) is 12.3 Å². The zero-order chi connectivity index (χ0) is 14.4. The number of hydrogen-bond acceptors (Lipinski definition) is 4. The van der Waals surface area contributed by atoms with Crippen LogP contribution in [0.4, 0.5) is 8.78 Å². The molecule has 1 aromatic rings. The third-order valence-electron chi connectivity index (χ3n) is 3.62. The number of aliphatic hydroxyl groups is 1. The van der Waals surface area contributed by atoms with Crippen LogP contribution in [0.3, 0.4) is 0 Å². The molecule has 1 aliphatic rings. The summed E-state index contributed by atoms with van der Waals surface area (Å²) in [5.74, 6) is -2.99. The number of aliphatic hydroxyl groups excluding tert-OH is 1. The van der Waals surface area contributed by atoms with E-state index in [0.29, 0.717) is 13.1 Å². The molecule has 1 fully saturated rings. The van der Waals surface area contributed by atoms with E-state index in [0.717, 1.165) is 26.1 Å². The summed E-state index contributed by atoms with van der Waals surface area (Å²) in [6.45, 7) is 2.38. The van der Waals surface area contributed by atoms with Gasteiger partial charge in [0.15, 0.2) is 0 Å². The third kappa shape index (κ3) is 4.77. The molecule has 20 heavy (non-hydrogen) atoms. The SMILES string of the molecule is OCC(F)(F)CN1CCN(CCc2ccncc2)CC1. The van der Waals surface area contributed by atoms with Gasteiger partial charge in [0.25, 0.3) is 5.92 Å². The molecular formula is C14H21F2N3O. The number of nitrogens with zero attached hydrogens (tertiary/aromatic N) is 3. The molecule has 1 aromatic heterocycles. The summed E-state index contributed by atoms with van der Waals surface area (Å²) in [5.41, 5.74) is 1.24. The van der Waals surface area contributed by atoms with E-state index in [4.69, 9.17) is 5.11 Å². The molecule has 1 aliphatic heterocycles. The molecule has 0 aromatic carbocycles. The van der Waals surface area contributed by atoms with Crippen molar-refractivity contribution in [2.24, 2.45) is 0 Å². The van der Waals surface area contributed by atoms with Crippen molar-refractivity contribution in [3.8, 4) is 0 Å². The van der Waals surface area contributed by atoms with Crippen LogP contribution in [0.15, 0.2) is 24.5 Å². The maximum absolute atomic E-state index is 13.1. The van der Waals surface area contributed by atoms with Crippen LogP contribution < -0.4 is 0 Å². The number of hydrogen-bond donors (Lipinski definition) is 1. The van der Waals surface area contributed by atoms with Crippen LogP contribution in [0, 0.1) is 0 Å². The number of halogens is 2. The quantitative estimate of drug-likeness (QED) is 0.842. The first-order valence-corrected chi connectivity index (χ1v) is 6.91. The van der Waals surface area contributed by atoms with Gasteiger partial charge in [0.1, 0.15) is 6.61 Å². The number of rotatable bonds is 6. The Morgan fingerprint density at radius 2 is 1.70 bits per heavy atom. The highest BCUT2D eigenvalue weighted by Gasteiger charge is 2.31. The van der Waals surface area contributed by atoms with Crippen molar-refractivity contribution < 1.29 is 13.9 Å². The van der Waals surface area contributed by atoms with Gasteiger partial charge in [-0.25, -0.2) is 8.78 Å². The molecule has 1 saturated heterocycles. The highest BCUT2D eigenvalue weighted by Crippen LogP contribution is 2.15. The number of aromatic nitrogens is 1. The monoisotopic (exact) mass is 285 g/mol. The van der Waals surface area contributed by atoms with Crippen molar-refractivity contribution in [2.75, 3.05) is 45.9 Å². The Morgan fingerprint density at radius 3 is 2.30 bits per heavy atom. The van der Waals surface area contributed by atoms with E-state index in [-0.39, 0.29) is 6.54 Å². The summed E-state index contributed by atoms with van der Waals surface area (Å²) in [4.78, 5) is 7.99. The second kappa shape index (κ2) is 7.06. The lowest BCUT2D eigenvalue weighted by molar-refractivity contribution is -0.0784. The Bertz CT molecular complexity index is 395. The molecule has 112 valence electrons. The van der Waals surface area contributed by atoms with E-state index in [1.807, 2.05) is 12.1 Å². The van der Waals surface area contributed by atoms with Crippen LogP contribution >= 0.6 is 0 Å². The Labute approximate surface area is 118 Å². The van der Waals surface area contributed by atoms with Crippen LogP contribution in [0.1, 0.15) is 5.56 Å². The Kier molecular flexibility index (Phi) is 5.39. The fourth-order valence-corrected chi connectivity index (χ4v) is 2.38. The minimum Gasteiger partial charge on any atom is -0.390 e. The van der Waals surface area contributed by atoms with E-state index in [9.17, 15) is 8.78 Å². The molecule has 0 spiro atoms. The second-order valence-corrected chi connectivity index (χ2v) is 5.24. The molecule has 0 bridgehead atoms. The molecule has 0 aliphatic carbocycles. The first kappa shape index (κ1) is 15.3. The molecule has 2 rings (SSSR count). The summed E-state index contributed by atoms with van der Waals surface area (Å²) < 4.78 is 26.2. The van der Waals surface area contributed by atoms with Gasteiger partial charge < -0.3 is 10.0 Å². The number of pyridine rings is 1. The summed E-state index contributed by atoms with van der Waals surface area (Å²) in [7, 11) is 0. The van der Waals surface area contributed by atoms with Crippen molar-refractivity contribution in [1.29, 1.82) is 0 Å². The Hall–Kier alpha value is -1.11. The molecule has 6 heteroatoms. The normalized spacial score (nSPS) is 18.4. The van der Waals surface area contributed by atoms with Crippen molar-refractivity contribution in [1.82, 2.24) is 14.8 Å². The summed E-state index contributed by atoms with van der Waals surface area (Å²) in [6, 6.07) is 4.00. The highest BCUT2D eigenvalue weighted by molar-refractivity contribution is 5.09. The van der Waals surface area contributed by atoms with Crippen LogP contribution in [0.25, 0.3) is 0 Å². The van der Waals surface area contributed by atoms with Crippen molar-refractivity contribution in [3.05, 3.63) is 30.1 Å². The van der Waals surface area contributed by atoms with Gasteiger partial charge >= 0.3 is 0 Å². The summed E-state index contributed by atoms with van der Waals surface area (Å²) >= 11 is 0. The fourth-order valence-electron chi connectivity index (χ4n) is 2.38. The standard InChI is InChI=1S/C14H21F2N3O/c15-14(16,12-20)11-19-9-7-18(8-10-19)6-3-13-1-4-17-5-2-13/h1-2,4-5,20H,3,6-12H2. The predicted molar refractivity (Wildman–Crippen MR) is 72.9 cm³/mol. The molecular weight excluding hydrogens is 264 g/mol. The number of alkyl halides is 2. The van der Waals surface area contributed by atoms with E-state index in [1.165, 1.54) is 5.56 Å². The average molecular weight is 285 g/mol. The van der Waals surface area contributed by atoms with E-state index < -0.39 is 12.5 Å². The Balaban J connectivity index is 1.69. The van der Waals surface area contributed by atoms with Gasteiger partial charge in [-0.2, -0.15) is 0 Å². The maximum Gasteiger partial charge on any atom is 0.283 e. The zero-order valence-electron chi connectivity index (χ0n) is 11.5. The van der Waals surface area contributed by atoms with Crippen LogP contribution in [-0.2, 0) is 6.42 Å². The lowest BCUT2D eigenvalue weighted by Crippen LogP contribution is -2.50. The summed E-state index contributed by atoms with van der Waals surface area (Å²) in [6.07, 6.45) is 4.52. The predicted octanol–water partition coefficient (Wildman–Crippen LogP) is 0.869. The van der Waals surface area contributed by atoms with Gasteiger partial charge in [-0.15, -0.1) is 0 Å². The molecule has 0 saturated carbocycles. The minimum absolute atomic E-state index is 0.346. The molecule has 4 nitrogen and oxygen atoms in total. The minimum atomic E-state index is -2.99. The topological polar surface area (TPSA) is 39.6 Å². The van der Waals surface area contributed by atoms with Gasteiger partial charge in [0, 0.05) is 45.1 Å². The molecule has 0 amide bonds. The molecule has 0 unspecified atom stereocenters. The van der Waals surface area contributed by atoms with Gasteiger partial charge in [-0.05, 0) is 24.1 Å². The van der Waals surface area contributed by atoms with Gasteiger partial charge in [-0.1, -0.05) is 0 Å². The molecule has 1 N–H and O–H groups in total. The first-order valence-electron chi connectivity index (χ1n) is 6.91. The maximum atomic E-state index is 13.1. The Morgan fingerprint density at radius 1 is 1.10 bits per heavy atom. The van der Waals surface area contributed by atoms with Crippen molar-refractivity contribution >= 4 is 0 Å². The highest BCUT2D eigenvalue weighted by atomic mass is 19.3. The van der Waals surface area contributed by atoms with Crippen molar-refractivity contribution in [3.63, 3.8) is 0 Å². The van der Waals surface area contributed by atoms with Gasteiger partial charge in [0.2, 0.25) is 0 Å². The zero-order valence-corrected chi connectivity index (χ0v) is 11.5. The lowest BCUT2D eigenvalue weighted by Gasteiger charge is -2.36. The largest absolute Gasteiger partial charge is 0.390 e. The van der Waals surface area contributed by atoms with Crippen LogP contribution in [-0.4, -0.2) is 71.7 Å². The van der Waals surface area contributed by atoms with Gasteiger partial charge in [0.05, 0.1) is 6.54 Å². The lowest BCUT2D eigenvalue weighted by atomic mass is 10.2. The fraction of sp³-hybridized carbons (Fsp3) is 0.643. The first-order chi connectivity index (χ1) is 9.59. The van der Waals surface area contributed by atoms with E-state index in [2.05, 4.69) is 9.88 Å². The van der Waals surface area contributed by atoms with E-state index in [1.54, 1.807) is 17.3 Å². The third-order valence-corrected chi connectivity index (χ3v) is 3.62. The average Bonchev–Trinajstić information content (AvgIpc) is 2.47. The van der Waals surface area contributed by atoms with E-state index >= 15 is 0 Å². The van der Waals surface area contributed by atoms with Gasteiger partial charge in [-0.3, -0.25) is 9.88 Å². The number of piperazine rings is 1. The van der Waals surface area contributed by atoms with Crippen LogP contribution in [0.5, 0.6) is 0 Å². The second-order valence-electron chi connectivity index (χ2n) is 5.24. The molecule has 0 radical (unpaired) electrons. The molecule has 2 heterocycles. The summed E-state index contributed by atoms with van der Waals surface area (Å²) in [5, 5.41) is 8.59. The van der Waals surface area contributed by atoms with Crippen LogP contribution in [0.2, 0.25) is 0 Å².